The first-order valence-electron chi connectivity index (χ1n) is 8.09. The molecule has 0 aliphatic rings. The van der Waals surface area contributed by atoms with Crippen LogP contribution in [-0.2, 0) is 9.53 Å². The van der Waals surface area contributed by atoms with Gasteiger partial charge in [-0.2, -0.15) is 5.26 Å². The Balaban J connectivity index is 2.13. The number of amides is 1. The molecule has 0 radical (unpaired) electrons. The first kappa shape index (κ1) is 19.5. The normalized spacial score (nSPS) is 10.5. The average molecular weight is 364 g/mol. The van der Waals surface area contributed by atoms with Gasteiger partial charge in [0.15, 0.2) is 0 Å². The van der Waals surface area contributed by atoms with Gasteiger partial charge in [-0.1, -0.05) is 12.1 Å². The lowest BCUT2D eigenvalue weighted by Gasteiger charge is -2.12. The van der Waals surface area contributed by atoms with Crippen LogP contribution in [0.1, 0.15) is 10.4 Å². The number of carbonyl (C=O) groups excluding carboxylic acids is 2. The molecular formula is C20H20N4O3. The number of nitrogens with zero attached hydrogens (tertiary/aromatic N) is 2. The Hall–Kier alpha value is -3.79. The van der Waals surface area contributed by atoms with Crippen molar-refractivity contribution in [2.75, 3.05) is 36.7 Å². The Morgan fingerprint density at radius 2 is 1.78 bits per heavy atom. The van der Waals surface area contributed by atoms with Crippen molar-refractivity contribution in [1.29, 1.82) is 5.26 Å². The van der Waals surface area contributed by atoms with Crippen molar-refractivity contribution in [3.63, 3.8) is 0 Å². The fourth-order valence-electron chi connectivity index (χ4n) is 2.23. The van der Waals surface area contributed by atoms with Gasteiger partial charge >= 0.3 is 5.97 Å². The summed E-state index contributed by atoms with van der Waals surface area (Å²) >= 11 is 0. The standard InChI is InChI=1S/C20H20N4O3/c1-24(2)16-10-8-15(9-11-16)22-13-14(12-21)19(25)23-18-7-5-4-6-17(18)20(26)27-3/h4-11,13,22H,1-3H3,(H,23,25)/b14-13-. The summed E-state index contributed by atoms with van der Waals surface area (Å²) in [5.74, 6) is -1.21. The Kier molecular flexibility index (Phi) is 6.55. The maximum Gasteiger partial charge on any atom is 0.339 e. The molecule has 0 saturated heterocycles. The summed E-state index contributed by atoms with van der Waals surface area (Å²) in [5.41, 5.74) is 2.10. The van der Waals surface area contributed by atoms with Crippen molar-refractivity contribution in [2.45, 2.75) is 0 Å². The SMILES string of the molecule is COC(=O)c1ccccc1NC(=O)/C(C#N)=C\Nc1ccc(N(C)C)cc1. The zero-order chi connectivity index (χ0) is 19.8. The van der Waals surface area contributed by atoms with E-state index in [9.17, 15) is 14.9 Å². The van der Waals surface area contributed by atoms with Gasteiger partial charge in [0.1, 0.15) is 11.6 Å². The van der Waals surface area contributed by atoms with Crippen LogP contribution in [0.4, 0.5) is 17.1 Å². The van der Waals surface area contributed by atoms with Crippen LogP contribution in [0.3, 0.4) is 0 Å². The zero-order valence-electron chi connectivity index (χ0n) is 15.3. The highest BCUT2D eigenvalue weighted by Gasteiger charge is 2.15. The third kappa shape index (κ3) is 5.09. The molecule has 2 rings (SSSR count). The Bertz CT molecular complexity index is 896. The van der Waals surface area contributed by atoms with Crippen LogP contribution in [-0.4, -0.2) is 33.1 Å². The minimum absolute atomic E-state index is 0.133. The molecule has 0 heterocycles. The van der Waals surface area contributed by atoms with E-state index in [1.54, 1.807) is 18.2 Å². The van der Waals surface area contributed by atoms with Crippen LogP contribution >= 0.6 is 0 Å². The van der Waals surface area contributed by atoms with Gasteiger partial charge in [0, 0.05) is 31.7 Å². The molecule has 0 saturated carbocycles. The molecule has 0 atom stereocenters. The minimum atomic E-state index is -0.633. The summed E-state index contributed by atoms with van der Waals surface area (Å²) in [6, 6.07) is 15.8. The lowest BCUT2D eigenvalue weighted by Crippen LogP contribution is -2.17. The number of benzene rings is 2. The fraction of sp³-hybridized carbons (Fsp3) is 0.150. The van der Waals surface area contributed by atoms with E-state index >= 15 is 0 Å². The first-order chi connectivity index (χ1) is 13.0. The van der Waals surface area contributed by atoms with Gasteiger partial charge in [-0.05, 0) is 36.4 Å². The van der Waals surface area contributed by atoms with E-state index in [1.165, 1.54) is 19.4 Å². The van der Waals surface area contributed by atoms with E-state index in [-0.39, 0.29) is 16.8 Å². The predicted octanol–water partition coefficient (Wildman–Crippen LogP) is 3.00. The number of nitriles is 1. The van der Waals surface area contributed by atoms with Crippen LogP contribution in [0.25, 0.3) is 0 Å². The third-order valence-electron chi connectivity index (χ3n) is 3.71. The quantitative estimate of drug-likeness (QED) is 0.465. The van der Waals surface area contributed by atoms with Crippen molar-refractivity contribution >= 4 is 28.9 Å². The molecular weight excluding hydrogens is 344 g/mol. The topological polar surface area (TPSA) is 94.5 Å². The molecule has 7 nitrogen and oxygen atoms in total. The van der Waals surface area contributed by atoms with E-state index in [0.717, 1.165) is 11.4 Å². The van der Waals surface area contributed by atoms with Crippen LogP contribution < -0.4 is 15.5 Å². The van der Waals surface area contributed by atoms with Gasteiger partial charge in [-0.3, -0.25) is 4.79 Å². The fourth-order valence-corrected chi connectivity index (χ4v) is 2.23. The van der Waals surface area contributed by atoms with E-state index in [0.29, 0.717) is 0 Å². The van der Waals surface area contributed by atoms with Gasteiger partial charge in [0.2, 0.25) is 0 Å². The number of methoxy groups -OCH3 is 1. The van der Waals surface area contributed by atoms with Gasteiger partial charge in [0.05, 0.1) is 18.4 Å². The molecule has 0 bridgehead atoms. The lowest BCUT2D eigenvalue weighted by atomic mass is 10.1. The summed E-state index contributed by atoms with van der Waals surface area (Å²) in [4.78, 5) is 26.1. The number of nitrogens with one attached hydrogen (secondary N) is 2. The zero-order valence-corrected chi connectivity index (χ0v) is 15.3. The lowest BCUT2D eigenvalue weighted by molar-refractivity contribution is -0.112. The van der Waals surface area contributed by atoms with E-state index in [1.807, 2.05) is 49.3 Å². The highest BCUT2D eigenvalue weighted by atomic mass is 16.5. The summed E-state index contributed by atoms with van der Waals surface area (Å²) < 4.78 is 4.69. The maximum atomic E-state index is 12.4. The molecule has 2 N–H and O–H groups in total. The predicted molar refractivity (Wildman–Crippen MR) is 104 cm³/mol. The number of para-hydroxylation sites is 1. The Morgan fingerprint density at radius 3 is 2.37 bits per heavy atom. The summed E-state index contributed by atoms with van der Waals surface area (Å²) in [5, 5.41) is 14.8. The molecule has 0 aliphatic carbocycles. The number of hydrogen-bond acceptors (Lipinski definition) is 6. The van der Waals surface area contributed by atoms with Crippen LogP contribution in [0.15, 0.2) is 60.3 Å². The van der Waals surface area contributed by atoms with E-state index in [2.05, 4.69) is 10.6 Å². The van der Waals surface area contributed by atoms with E-state index < -0.39 is 11.9 Å². The molecule has 0 fully saturated rings. The molecule has 0 unspecified atom stereocenters. The molecule has 0 aliphatic heterocycles. The minimum Gasteiger partial charge on any atom is -0.465 e. The van der Waals surface area contributed by atoms with Gasteiger partial charge in [-0.25, -0.2) is 4.79 Å². The Labute approximate surface area is 157 Å². The highest BCUT2D eigenvalue weighted by Crippen LogP contribution is 2.18. The number of carbonyl (C=O) groups is 2. The third-order valence-corrected chi connectivity index (χ3v) is 3.71. The van der Waals surface area contributed by atoms with Crippen molar-refractivity contribution in [1.82, 2.24) is 0 Å². The highest BCUT2D eigenvalue weighted by molar-refractivity contribution is 6.09. The van der Waals surface area contributed by atoms with Crippen molar-refractivity contribution in [3.8, 4) is 6.07 Å². The smallest absolute Gasteiger partial charge is 0.339 e. The molecule has 0 spiro atoms. The maximum absolute atomic E-state index is 12.4. The van der Waals surface area contributed by atoms with Gasteiger partial charge in [0.25, 0.3) is 5.91 Å². The molecule has 1 amide bonds. The number of anilines is 3. The molecule has 2 aromatic rings. The number of rotatable bonds is 6. The first-order valence-corrected chi connectivity index (χ1v) is 8.09. The largest absolute Gasteiger partial charge is 0.465 e. The van der Waals surface area contributed by atoms with Crippen LogP contribution in [0.5, 0.6) is 0 Å². The van der Waals surface area contributed by atoms with Gasteiger partial charge < -0.3 is 20.3 Å². The summed E-state index contributed by atoms with van der Waals surface area (Å²) in [6.07, 6.45) is 1.32. The molecule has 0 aromatic heterocycles. The second-order valence-corrected chi connectivity index (χ2v) is 5.75. The Morgan fingerprint density at radius 1 is 1.11 bits per heavy atom. The number of ether oxygens (including phenoxy) is 1. The number of esters is 1. The van der Waals surface area contributed by atoms with E-state index in [4.69, 9.17) is 4.74 Å². The summed E-state index contributed by atoms with van der Waals surface area (Å²) in [7, 11) is 5.13. The molecule has 7 heteroatoms. The van der Waals surface area contributed by atoms with Crippen LogP contribution in [0.2, 0.25) is 0 Å². The van der Waals surface area contributed by atoms with Gasteiger partial charge in [-0.15, -0.1) is 0 Å². The van der Waals surface area contributed by atoms with Crippen molar-refractivity contribution in [3.05, 3.63) is 65.9 Å². The number of hydrogen-bond donors (Lipinski definition) is 2. The second-order valence-electron chi connectivity index (χ2n) is 5.75. The summed E-state index contributed by atoms with van der Waals surface area (Å²) in [6.45, 7) is 0. The monoisotopic (exact) mass is 364 g/mol. The van der Waals surface area contributed by atoms with Crippen LogP contribution in [0, 0.1) is 11.3 Å². The molecule has 27 heavy (non-hydrogen) atoms. The average Bonchev–Trinajstić information content (AvgIpc) is 2.68. The van der Waals surface area contributed by atoms with Crippen molar-refractivity contribution < 1.29 is 14.3 Å². The molecule has 2 aromatic carbocycles. The molecule has 138 valence electrons. The van der Waals surface area contributed by atoms with Crippen molar-refractivity contribution in [2.24, 2.45) is 0 Å². The second kappa shape index (κ2) is 9.06.